The van der Waals surface area contributed by atoms with Crippen molar-refractivity contribution in [1.29, 1.82) is 5.26 Å². The molecular formula is C13H10N2O3. The lowest BCUT2D eigenvalue weighted by atomic mass is 10.3. The van der Waals surface area contributed by atoms with Crippen LogP contribution in [0.5, 0.6) is 0 Å². The van der Waals surface area contributed by atoms with E-state index in [1.807, 2.05) is 12.1 Å². The highest BCUT2D eigenvalue weighted by Crippen LogP contribution is 2.20. The number of carbonyl (C=O) groups excluding carboxylic acids is 1. The third-order valence-electron chi connectivity index (χ3n) is 2.19. The molecule has 0 aliphatic heterocycles. The van der Waals surface area contributed by atoms with Crippen LogP contribution in [0.4, 0.5) is 0 Å². The van der Waals surface area contributed by atoms with Crippen LogP contribution in [0.25, 0.3) is 16.7 Å². The molecule has 0 N–H and O–H groups in total. The van der Waals surface area contributed by atoms with Gasteiger partial charge in [-0.1, -0.05) is 12.1 Å². The summed E-state index contributed by atoms with van der Waals surface area (Å²) in [5.74, 6) is -0.469. The highest BCUT2D eigenvalue weighted by atomic mass is 16.5. The molecule has 0 fully saturated rings. The van der Waals surface area contributed by atoms with Gasteiger partial charge in [0.1, 0.15) is 17.2 Å². The van der Waals surface area contributed by atoms with Gasteiger partial charge in [0.15, 0.2) is 5.58 Å². The standard InChI is InChI=1S/C13H10N2O3/c1-2-17-12(16)7-9(8-14)13-15-10-5-3-4-6-11(10)18-13/h3-7H,2H2,1H3/b9-7+. The Morgan fingerprint density at radius 1 is 1.56 bits per heavy atom. The minimum Gasteiger partial charge on any atom is -0.463 e. The number of nitriles is 1. The van der Waals surface area contributed by atoms with Crippen molar-refractivity contribution < 1.29 is 13.9 Å². The van der Waals surface area contributed by atoms with Crippen molar-refractivity contribution in [3.8, 4) is 6.07 Å². The van der Waals surface area contributed by atoms with E-state index in [2.05, 4.69) is 4.98 Å². The Hall–Kier alpha value is -2.61. The average molecular weight is 242 g/mol. The topological polar surface area (TPSA) is 76.1 Å². The molecular weight excluding hydrogens is 232 g/mol. The number of ether oxygens (including phenoxy) is 1. The van der Waals surface area contributed by atoms with Crippen molar-refractivity contribution in [2.75, 3.05) is 6.61 Å². The maximum Gasteiger partial charge on any atom is 0.332 e. The van der Waals surface area contributed by atoms with Crippen LogP contribution in [-0.2, 0) is 9.53 Å². The highest BCUT2D eigenvalue weighted by molar-refractivity contribution is 5.94. The number of carbonyl (C=O) groups is 1. The molecule has 5 heteroatoms. The summed E-state index contributed by atoms with van der Waals surface area (Å²) in [6, 6.07) is 9.00. The molecule has 1 aromatic carbocycles. The zero-order valence-corrected chi connectivity index (χ0v) is 9.71. The van der Waals surface area contributed by atoms with Gasteiger partial charge < -0.3 is 9.15 Å². The number of para-hydroxylation sites is 2. The number of oxazole rings is 1. The number of esters is 1. The van der Waals surface area contributed by atoms with Gasteiger partial charge >= 0.3 is 5.97 Å². The average Bonchev–Trinajstić information content (AvgIpc) is 2.79. The van der Waals surface area contributed by atoms with E-state index in [1.165, 1.54) is 0 Å². The summed E-state index contributed by atoms with van der Waals surface area (Å²) >= 11 is 0. The first-order valence-electron chi connectivity index (χ1n) is 5.39. The molecule has 18 heavy (non-hydrogen) atoms. The number of hydrogen-bond acceptors (Lipinski definition) is 5. The maximum atomic E-state index is 11.3. The first-order chi connectivity index (χ1) is 8.74. The Kier molecular flexibility index (Phi) is 3.39. The quantitative estimate of drug-likeness (QED) is 0.469. The van der Waals surface area contributed by atoms with Crippen LogP contribution in [0.15, 0.2) is 34.8 Å². The van der Waals surface area contributed by atoms with Crippen molar-refractivity contribution >= 4 is 22.6 Å². The first kappa shape index (κ1) is 11.9. The molecule has 0 saturated carbocycles. The van der Waals surface area contributed by atoms with E-state index in [-0.39, 0.29) is 18.1 Å². The van der Waals surface area contributed by atoms with Gasteiger partial charge in [0, 0.05) is 6.08 Å². The SMILES string of the molecule is CCOC(=O)/C=C(\C#N)c1nc2ccccc2o1. The van der Waals surface area contributed by atoms with Crippen LogP contribution in [-0.4, -0.2) is 17.6 Å². The van der Waals surface area contributed by atoms with Crippen LogP contribution >= 0.6 is 0 Å². The number of hydrogen-bond donors (Lipinski definition) is 0. The summed E-state index contributed by atoms with van der Waals surface area (Å²) in [7, 11) is 0. The first-order valence-corrected chi connectivity index (χ1v) is 5.39. The molecule has 0 atom stereocenters. The minimum atomic E-state index is -0.587. The summed E-state index contributed by atoms with van der Waals surface area (Å²) in [5.41, 5.74) is 1.25. The number of rotatable bonds is 3. The lowest BCUT2D eigenvalue weighted by molar-refractivity contribution is -0.137. The smallest absolute Gasteiger partial charge is 0.332 e. The fourth-order valence-electron chi connectivity index (χ4n) is 1.43. The predicted octanol–water partition coefficient (Wildman–Crippen LogP) is 2.30. The van der Waals surface area contributed by atoms with Gasteiger partial charge in [-0.15, -0.1) is 0 Å². The van der Waals surface area contributed by atoms with Gasteiger partial charge in [-0.05, 0) is 19.1 Å². The largest absolute Gasteiger partial charge is 0.463 e. The molecule has 0 radical (unpaired) electrons. The Bertz CT molecular complexity index is 617. The number of fused-ring (bicyclic) bond motifs is 1. The van der Waals surface area contributed by atoms with Gasteiger partial charge in [0.25, 0.3) is 0 Å². The van der Waals surface area contributed by atoms with E-state index < -0.39 is 5.97 Å². The van der Waals surface area contributed by atoms with Crippen molar-refractivity contribution in [3.63, 3.8) is 0 Å². The molecule has 2 rings (SSSR count). The van der Waals surface area contributed by atoms with Gasteiger partial charge in [-0.2, -0.15) is 5.26 Å². The van der Waals surface area contributed by atoms with E-state index in [9.17, 15) is 4.79 Å². The molecule has 0 aliphatic carbocycles. The summed E-state index contributed by atoms with van der Waals surface area (Å²) in [4.78, 5) is 15.4. The molecule has 0 amide bonds. The molecule has 1 aromatic heterocycles. The molecule has 2 aromatic rings. The Morgan fingerprint density at radius 2 is 2.33 bits per heavy atom. The molecule has 5 nitrogen and oxygen atoms in total. The van der Waals surface area contributed by atoms with Crippen LogP contribution in [0.1, 0.15) is 12.8 Å². The predicted molar refractivity (Wildman–Crippen MR) is 64.2 cm³/mol. The molecule has 90 valence electrons. The molecule has 0 bridgehead atoms. The van der Waals surface area contributed by atoms with Crippen molar-refractivity contribution in [3.05, 3.63) is 36.2 Å². The highest BCUT2D eigenvalue weighted by Gasteiger charge is 2.12. The fourth-order valence-corrected chi connectivity index (χ4v) is 1.43. The second-order valence-corrected chi connectivity index (χ2v) is 3.41. The maximum absolute atomic E-state index is 11.3. The lowest BCUT2D eigenvalue weighted by Gasteiger charge is -1.95. The zero-order chi connectivity index (χ0) is 13.0. The zero-order valence-electron chi connectivity index (χ0n) is 9.71. The van der Waals surface area contributed by atoms with Gasteiger partial charge in [-0.3, -0.25) is 0 Å². The Balaban J connectivity index is 2.39. The van der Waals surface area contributed by atoms with Crippen molar-refractivity contribution in [2.45, 2.75) is 6.92 Å². The summed E-state index contributed by atoms with van der Waals surface area (Å²) in [6.07, 6.45) is 1.08. The van der Waals surface area contributed by atoms with Crippen LogP contribution in [0.3, 0.4) is 0 Å². The molecule has 0 aliphatic rings. The molecule has 1 heterocycles. The van der Waals surface area contributed by atoms with E-state index >= 15 is 0 Å². The van der Waals surface area contributed by atoms with Crippen molar-refractivity contribution in [2.24, 2.45) is 0 Å². The summed E-state index contributed by atoms with van der Waals surface area (Å²) < 4.78 is 10.1. The van der Waals surface area contributed by atoms with E-state index in [1.54, 1.807) is 25.1 Å². The monoisotopic (exact) mass is 242 g/mol. The fraction of sp³-hybridized carbons (Fsp3) is 0.154. The molecule has 0 unspecified atom stereocenters. The van der Waals surface area contributed by atoms with Crippen LogP contribution in [0.2, 0.25) is 0 Å². The number of nitrogens with zero attached hydrogens (tertiary/aromatic N) is 2. The third kappa shape index (κ3) is 2.38. The van der Waals surface area contributed by atoms with E-state index in [0.717, 1.165) is 6.08 Å². The molecule has 0 saturated heterocycles. The summed E-state index contributed by atoms with van der Waals surface area (Å²) in [5, 5.41) is 9.00. The van der Waals surface area contributed by atoms with E-state index in [4.69, 9.17) is 14.4 Å². The molecule has 0 spiro atoms. The van der Waals surface area contributed by atoms with Crippen LogP contribution in [0, 0.1) is 11.3 Å². The second kappa shape index (κ2) is 5.15. The third-order valence-corrected chi connectivity index (χ3v) is 2.19. The van der Waals surface area contributed by atoms with Crippen molar-refractivity contribution in [1.82, 2.24) is 4.98 Å². The normalized spacial score (nSPS) is 11.2. The minimum absolute atomic E-state index is 0.0460. The van der Waals surface area contributed by atoms with Gasteiger partial charge in [0.05, 0.1) is 6.61 Å². The van der Waals surface area contributed by atoms with Crippen LogP contribution < -0.4 is 0 Å². The van der Waals surface area contributed by atoms with Gasteiger partial charge in [0.2, 0.25) is 5.89 Å². The summed E-state index contributed by atoms with van der Waals surface area (Å²) in [6.45, 7) is 1.94. The van der Waals surface area contributed by atoms with Gasteiger partial charge in [-0.25, -0.2) is 9.78 Å². The number of aromatic nitrogens is 1. The second-order valence-electron chi connectivity index (χ2n) is 3.41. The lowest BCUT2D eigenvalue weighted by Crippen LogP contribution is -2.00. The number of allylic oxidation sites excluding steroid dienone is 1. The Labute approximate surface area is 103 Å². The number of benzene rings is 1. The Morgan fingerprint density at radius 3 is 3.00 bits per heavy atom. The van der Waals surface area contributed by atoms with E-state index in [0.29, 0.717) is 11.1 Å².